The van der Waals surface area contributed by atoms with Crippen molar-refractivity contribution in [2.24, 2.45) is 0 Å². The lowest BCUT2D eigenvalue weighted by Gasteiger charge is -2.14. The largest absolute Gasteiger partial charge is 0.507 e. The summed E-state index contributed by atoms with van der Waals surface area (Å²) in [4.78, 5) is 15.9. The molecule has 1 amide bonds. The van der Waals surface area contributed by atoms with Gasteiger partial charge in [-0.25, -0.2) is 13.1 Å². The molecule has 0 aliphatic heterocycles. The van der Waals surface area contributed by atoms with Crippen molar-refractivity contribution in [3.05, 3.63) is 53.1 Å². The van der Waals surface area contributed by atoms with Crippen LogP contribution in [0.25, 0.3) is 22.8 Å². The summed E-state index contributed by atoms with van der Waals surface area (Å²) in [5.74, 6) is -0.841. The molecule has 3 N–H and O–H groups in total. The van der Waals surface area contributed by atoms with E-state index in [1.807, 2.05) is 18.2 Å². The molecule has 32 heavy (non-hydrogen) atoms. The van der Waals surface area contributed by atoms with Gasteiger partial charge in [-0.15, -0.1) is 0 Å². The second-order valence-corrected chi connectivity index (χ2v) is 9.04. The Hall–Kier alpha value is -3.75. The molecule has 11 heteroatoms. The molecule has 0 saturated carbocycles. The average Bonchev–Trinajstić information content (AvgIpc) is 3.41. The number of aromatic hydroxyl groups is 1. The standard InChI is InChI=1S/C21H19N5O5S/c1-23-19(28)11-32(29,30)26-17-7-6-14-15(17)3-2-4-16(14)20-24-21(31-25-20)12-5-8-18(27)13(9-12)10-22/h2-5,8-9,17,26-27H,6-7,11H2,1H3,(H,23,28). The fourth-order valence-electron chi connectivity index (χ4n) is 3.70. The van der Waals surface area contributed by atoms with Crippen LogP contribution in [0.15, 0.2) is 40.9 Å². The predicted octanol–water partition coefficient (Wildman–Crippen LogP) is 1.63. The molecule has 3 aromatic rings. The summed E-state index contributed by atoms with van der Waals surface area (Å²) in [6, 6.07) is 11.3. The van der Waals surface area contributed by atoms with E-state index in [2.05, 4.69) is 20.2 Å². The quantitative estimate of drug-likeness (QED) is 0.508. The fraction of sp³-hybridized carbons (Fsp3) is 0.238. The first-order chi connectivity index (χ1) is 15.3. The minimum absolute atomic E-state index is 0.0923. The van der Waals surface area contributed by atoms with Crippen LogP contribution in [0.2, 0.25) is 0 Å². The summed E-state index contributed by atoms with van der Waals surface area (Å²) in [7, 11) is -2.41. The normalized spacial score (nSPS) is 15.2. The molecule has 1 heterocycles. The van der Waals surface area contributed by atoms with Gasteiger partial charge in [-0.3, -0.25) is 4.79 Å². The van der Waals surface area contributed by atoms with Gasteiger partial charge in [0.1, 0.15) is 17.6 Å². The van der Waals surface area contributed by atoms with Crippen molar-refractivity contribution >= 4 is 15.9 Å². The Morgan fingerprint density at radius 3 is 2.91 bits per heavy atom. The summed E-state index contributed by atoms with van der Waals surface area (Å²) in [6.45, 7) is 0. The smallest absolute Gasteiger partial charge is 0.258 e. The maximum Gasteiger partial charge on any atom is 0.258 e. The van der Waals surface area contributed by atoms with Crippen LogP contribution < -0.4 is 10.0 Å². The second-order valence-electron chi connectivity index (χ2n) is 7.28. The number of aromatic nitrogens is 2. The fourth-order valence-corrected chi connectivity index (χ4v) is 4.95. The first-order valence-electron chi connectivity index (χ1n) is 9.71. The third-order valence-electron chi connectivity index (χ3n) is 5.22. The molecular formula is C21H19N5O5S. The maximum absolute atomic E-state index is 12.3. The number of hydrogen-bond acceptors (Lipinski definition) is 8. The minimum atomic E-state index is -3.80. The van der Waals surface area contributed by atoms with E-state index < -0.39 is 27.7 Å². The lowest BCUT2D eigenvalue weighted by molar-refractivity contribution is -0.118. The number of nitriles is 1. The topological polar surface area (TPSA) is 158 Å². The first kappa shape index (κ1) is 21.5. The van der Waals surface area contributed by atoms with Crippen molar-refractivity contribution in [1.29, 1.82) is 5.26 Å². The Morgan fingerprint density at radius 2 is 2.16 bits per heavy atom. The Balaban J connectivity index is 1.62. The number of phenolic OH excluding ortho intramolecular Hbond substituents is 1. The number of hydrogen-bond donors (Lipinski definition) is 3. The third kappa shape index (κ3) is 4.18. The van der Waals surface area contributed by atoms with Crippen molar-refractivity contribution in [2.75, 3.05) is 12.8 Å². The van der Waals surface area contributed by atoms with E-state index in [-0.39, 0.29) is 17.2 Å². The number of carbonyl (C=O) groups excluding carboxylic acids is 1. The maximum atomic E-state index is 12.3. The Kier molecular flexibility index (Phi) is 5.65. The Bertz CT molecular complexity index is 1340. The molecule has 2 aromatic carbocycles. The number of sulfonamides is 1. The second kappa shape index (κ2) is 8.41. The van der Waals surface area contributed by atoms with E-state index in [1.165, 1.54) is 19.2 Å². The first-order valence-corrected chi connectivity index (χ1v) is 11.4. The molecule has 1 aliphatic rings. The highest BCUT2D eigenvalue weighted by molar-refractivity contribution is 7.90. The summed E-state index contributed by atoms with van der Waals surface area (Å²) in [6.07, 6.45) is 1.13. The monoisotopic (exact) mass is 453 g/mol. The van der Waals surface area contributed by atoms with Gasteiger partial charge in [0.25, 0.3) is 5.89 Å². The number of nitrogens with zero attached hydrogens (tertiary/aromatic N) is 3. The zero-order chi connectivity index (χ0) is 22.9. The number of fused-ring (bicyclic) bond motifs is 1. The predicted molar refractivity (Wildman–Crippen MR) is 114 cm³/mol. The van der Waals surface area contributed by atoms with Crippen molar-refractivity contribution in [3.8, 4) is 34.7 Å². The number of phenols is 1. The molecule has 0 radical (unpaired) electrons. The van der Waals surface area contributed by atoms with E-state index in [1.54, 1.807) is 12.1 Å². The molecule has 0 fully saturated rings. The van der Waals surface area contributed by atoms with Crippen LogP contribution in [-0.4, -0.2) is 42.4 Å². The van der Waals surface area contributed by atoms with Crippen LogP contribution in [0.1, 0.15) is 29.2 Å². The molecule has 1 atom stereocenters. The SMILES string of the molecule is CNC(=O)CS(=O)(=O)NC1CCc2c(-c3noc(-c4ccc(O)c(C#N)c4)n3)cccc21. The molecular weight excluding hydrogens is 434 g/mol. The molecule has 0 bridgehead atoms. The van der Waals surface area contributed by atoms with Crippen LogP contribution in [0.4, 0.5) is 0 Å². The van der Waals surface area contributed by atoms with Gasteiger partial charge in [0.2, 0.25) is 21.8 Å². The van der Waals surface area contributed by atoms with Gasteiger partial charge < -0.3 is 14.9 Å². The zero-order valence-electron chi connectivity index (χ0n) is 17.0. The van der Waals surface area contributed by atoms with Crippen molar-refractivity contribution < 1.29 is 22.8 Å². The van der Waals surface area contributed by atoms with Gasteiger partial charge in [-0.05, 0) is 42.2 Å². The average molecular weight is 453 g/mol. The molecule has 0 saturated heterocycles. The summed E-state index contributed by atoms with van der Waals surface area (Å²) < 4.78 is 32.6. The highest BCUT2D eigenvalue weighted by atomic mass is 32.2. The molecule has 164 valence electrons. The van der Waals surface area contributed by atoms with Gasteiger partial charge in [-0.2, -0.15) is 10.2 Å². The Morgan fingerprint density at radius 1 is 1.34 bits per heavy atom. The van der Waals surface area contributed by atoms with Crippen LogP contribution in [0.5, 0.6) is 5.75 Å². The van der Waals surface area contributed by atoms with Crippen LogP contribution in [0, 0.1) is 11.3 Å². The van der Waals surface area contributed by atoms with Gasteiger partial charge >= 0.3 is 0 Å². The van der Waals surface area contributed by atoms with Crippen LogP contribution in [0.3, 0.4) is 0 Å². The molecule has 1 aliphatic carbocycles. The van der Waals surface area contributed by atoms with E-state index in [4.69, 9.17) is 9.78 Å². The number of carbonyl (C=O) groups is 1. The highest BCUT2D eigenvalue weighted by Crippen LogP contribution is 2.38. The molecule has 1 aromatic heterocycles. The number of benzene rings is 2. The van der Waals surface area contributed by atoms with E-state index in [0.717, 1.165) is 11.1 Å². The van der Waals surface area contributed by atoms with Gasteiger partial charge in [0.05, 0.1) is 5.56 Å². The lowest BCUT2D eigenvalue weighted by atomic mass is 10.0. The number of amides is 1. The third-order valence-corrected chi connectivity index (χ3v) is 6.51. The molecule has 0 spiro atoms. The molecule has 10 nitrogen and oxygen atoms in total. The van der Waals surface area contributed by atoms with Crippen molar-refractivity contribution in [2.45, 2.75) is 18.9 Å². The Labute approximate surface area is 183 Å². The highest BCUT2D eigenvalue weighted by Gasteiger charge is 2.30. The summed E-state index contributed by atoms with van der Waals surface area (Å²) in [5, 5.41) is 25.1. The summed E-state index contributed by atoms with van der Waals surface area (Å²) >= 11 is 0. The van der Waals surface area contributed by atoms with Crippen LogP contribution >= 0.6 is 0 Å². The molecule has 4 rings (SSSR count). The van der Waals surface area contributed by atoms with Crippen LogP contribution in [-0.2, 0) is 21.2 Å². The lowest BCUT2D eigenvalue weighted by Crippen LogP contribution is -2.36. The minimum Gasteiger partial charge on any atom is -0.507 e. The van der Waals surface area contributed by atoms with Crippen molar-refractivity contribution in [3.63, 3.8) is 0 Å². The van der Waals surface area contributed by atoms with Gasteiger partial charge in [-0.1, -0.05) is 23.4 Å². The zero-order valence-corrected chi connectivity index (χ0v) is 17.8. The van der Waals surface area contributed by atoms with E-state index in [0.29, 0.717) is 29.8 Å². The van der Waals surface area contributed by atoms with E-state index in [9.17, 15) is 18.3 Å². The summed E-state index contributed by atoms with van der Waals surface area (Å²) in [5.41, 5.74) is 2.99. The number of nitrogens with one attached hydrogen (secondary N) is 2. The number of rotatable bonds is 6. The molecule has 1 unspecified atom stereocenters. The van der Waals surface area contributed by atoms with Gasteiger partial charge in [0.15, 0.2) is 0 Å². The van der Waals surface area contributed by atoms with E-state index >= 15 is 0 Å². The van der Waals surface area contributed by atoms with Crippen molar-refractivity contribution in [1.82, 2.24) is 20.2 Å². The van der Waals surface area contributed by atoms with Gasteiger partial charge in [0, 0.05) is 24.2 Å².